The van der Waals surface area contributed by atoms with Gasteiger partial charge in [-0.05, 0) is 26.8 Å². The summed E-state index contributed by atoms with van der Waals surface area (Å²) in [5, 5.41) is 8.76. The molecule has 2 aromatic heterocycles. The number of nitrogens with zero attached hydrogens (tertiary/aromatic N) is 6. The fraction of sp³-hybridized carbons (Fsp3) is 0.615. The molecule has 0 atom stereocenters. The van der Waals surface area contributed by atoms with Crippen LogP contribution in [0.5, 0.6) is 0 Å². The first-order valence-corrected chi connectivity index (χ1v) is 6.79. The van der Waals surface area contributed by atoms with E-state index >= 15 is 0 Å². The number of rotatable bonds is 4. The van der Waals surface area contributed by atoms with E-state index in [1.165, 1.54) is 5.69 Å². The summed E-state index contributed by atoms with van der Waals surface area (Å²) in [4.78, 5) is 6.70. The van der Waals surface area contributed by atoms with Crippen LogP contribution in [0.25, 0.3) is 0 Å². The quantitative estimate of drug-likeness (QED) is 0.828. The Morgan fingerprint density at radius 2 is 2.11 bits per heavy atom. The minimum absolute atomic E-state index is 0.506. The van der Waals surface area contributed by atoms with Crippen molar-refractivity contribution in [3.8, 4) is 0 Å². The van der Waals surface area contributed by atoms with Gasteiger partial charge in [-0.1, -0.05) is 0 Å². The standard InChI is InChI=1S/C13H20N6/c1-4-18-13(14-9-15-18)8-17-6-12(7-17)19-11(3)5-10(2)16-19/h5,9,12H,4,6-8H2,1-3H3. The monoisotopic (exact) mass is 260 g/mol. The largest absolute Gasteiger partial charge is 0.292 e. The highest BCUT2D eigenvalue weighted by Crippen LogP contribution is 2.23. The number of aryl methyl sites for hydroxylation is 3. The highest BCUT2D eigenvalue weighted by molar-refractivity contribution is 5.09. The zero-order chi connectivity index (χ0) is 13.4. The Kier molecular flexibility index (Phi) is 3.10. The molecule has 6 nitrogen and oxygen atoms in total. The Balaban J connectivity index is 1.60. The van der Waals surface area contributed by atoms with Crippen LogP contribution in [0.1, 0.15) is 30.2 Å². The average Bonchev–Trinajstić information content (AvgIpc) is 2.89. The molecule has 0 bridgehead atoms. The van der Waals surface area contributed by atoms with E-state index in [0.29, 0.717) is 6.04 Å². The van der Waals surface area contributed by atoms with Crippen molar-refractivity contribution in [1.82, 2.24) is 29.4 Å². The molecular weight excluding hydrogens is 240 g/mol. The number of hydrogen-bond acceptors (Lipinski definition) is 4. The topological polar surface area (TPSA) is 51.8 Å². The fourth-order valence-corrected chi connectivity index (χ4v) is 2.72. The zero-order valence-corrected chi connectivity index (χ0v) is 11.7. The maximum absolute atomic E-state index is 4.55. The molecule has 1 fully saturated rings. The molecule has 0 amide bonds. The van der Waals surface area contributed by atoms with Crippen molar-refractivity contribution < 1.29 is 0 Å². The van der Waals surface area contributed by atoms with E-state index in [4.69, 9.17) is 0 Å². The Morgan fingerprint density at radius 3 is 2.74 bits per heavy atom. The van der Waals surface area contributed by atoms with E-state index in [1.54, 1.807) is 6.33 Å². The van der Waals surface area contributed by atoms with Crippen LogP contribution in [0.2, 0.25) is 0 Å². The molecule has 0 N–H and O–H groups in total. The van der Waals surface area contributed by atoms with Gasteiger partial charge in [-0.25, -0.2) is 9.67 Å². The molecule has 0 spiro atoms. The van der Waals surface area contributed by atoms with Crippen molar-refractivity contribution in [2.75, 3.05) is 13.1 Å². The molecule has 3 heterocycles. The van der Waals surface area contributed by atoms with Crippen LogP contribution < -0.4 is 0 Å². The summed E-state index contributed by atoms with van der Waals surface area (Å²) in [6.07, 6.45) is 1.64. The Hall–Kier alpha value is -1.69. The molecule has 1 aliphatic rings. The van der Waals surface area contributed by atoms with Gasteiger partial charge in [0.25, 0.3) is 0 Å². The number of hydrogen-bond donors (Lipinski definition) is 0. The molecule has 0 aliphatic carbocycles. The number of aromatic nitrogens is 5. The fourth-order valence-electron chi connectivity index (χ4n) is 2.72. The molecule has 0 radical (unpaired) electrons. The molecule has 2 aromatic rings. The minimum Gasteiger partial charge on any atom is -0.292 e. The van der Waals surface area contributed by atoms with Crippen LogP contribution in [0.4, 0.5) is 0 Å². The van der Waals surface area contributed by atoms with Crippen molar-refractivity contribution in [1.29, 1.82) is 0 Å². The normalized spacial score (nSPS) is 16.8. The molecule has 1 aliphatic heterocycles. The van der Waals surface area contributed by atoms with Gasteiger partial charge < -0.3 is 0 Å². The van der Waals surface area contributed by atoms with Crippen LogP contribution >= 0.6 is 0 Å². The average molecular weight is 260 g/mol. The predicted octanol–water partition coefficient (Wildman–Crippen LogP) is 1.17. The van der Waals surface area contributed by atoms with Crippen molar-refractivity contribution >= 4 is 0 Å². The third-order valence-electron chi connectivity index (χ3n) is 3.69. The van der Waals surface area contributed by atoms with Gasteiger partial charge in [-0.15, -0.1) is 0 Å². The van der Waals surface area contributed by atoms with Crippen molar-refractivity contribution in [2.24, 2.45) is 0 Å². The molecule has 6 heteroatoms. The Morgan fingerprint density at radius 1 is 1.32 bits per heavy atom. The molecule has 0 aromatic carbocycles. The third kappa shape index (κ3) is 2.28. The first-order chi connectivity index (χ1) is 9.17. The smallest absolute Gasteiger partial charge is 0.140 e. The molecule has 102 valence electrons. The first kappa shape index (κ1) is 12.3. The maximum Gasteiger partial charge on any atom is 0.140 e. The summed E-state index contributed by atoms with van der Waals surface area (Å²) < 4.78 is 4.10. The lowest BCUT2D eigenvalue weighted by Gasteiger charge is -2.39. The second-order valence-electron chi connectivity index (χ2n) is 5.21. The van der Waals surface area contributed by atoms with E-state index in [1.807, 2.05) is 11.6 Å². The summed E-state index contributed by atoms with van der Waals surface area (Å²) in [5.74, 6) is 1.05. The highest BCUT2D eigenvalue weighted by atomic mass is 15.4. The molecule has 0 saturated carbocycles. The summed E-state index contributed by atoms with van der Waals surface area (Å²) in [6.45, 7) is 10.1. The summed E-state index contributed by atoms with van der Waals surface area (Å²) >= 11 is 0. The summed E-state index contributed by atoms with van der Waals surface area (Å²) in [6, 6.07) is 2.64. The van der Waals surface area contributed by atoms with Gasteiger partial charge >= 0.3 is 0 Å². The molecular formula is C13H20N6. The van der Waals surface area contributed by atoms with E-state index in [0.717, 1.165) is 37.7 Å². The van der Waals surface area contributed by atoms with Gasteiger partial charge in [0.2, 0.25) is 0 Å². The summed E-state index contributed by atoms with van der Waals surface area (Å²) in [7, 11) is 0. The zero-order valence-electron chi connectivity index (χ0n) is 11.7. The second kappa shape index (κ2) is 4.77. The lowest BCUT2D eigenvalue weighted by atomic mass is 10.1. The van der Waals surface area contributed by atoms with Gasteiger partial charge in [0.1, 0.15) is 12.2 Å². The lowest BCUT2D eigenvalue weighted by molar-refractivity contribution is 0.0850. The van der Waals surface area contributed by atoms with E-state index in [9.17, 15) is 0 Å². The van der Waals surface area contributed by atoms with Gasteiger partial charge in [-0.2, -0.15) is 10.2 Å². The molecule has 19 heavy (non-hydrogen) atoms. The molecule has 0 unspecified atom stereocenters. The van der Waals surface area contributed by atoms with Gasteiger partial charge in [0.15, 0.2) is 0 Å². The lowest BCUT2D eigenvalue weighted by Crippen LogP contribution is -2.48. The van der Waals surface area contributed by atoms with Crippen molar-refractivity contribution in [2.45, 2.75) is 39.9 Å². The van der Waals surface area contributed by atoms with Crippen LogP contribution in [-0.4, -0.2) is 42.5 Å². The Bertz CT molecular complexity index is 563. The van der Waals surface area contributed by atoms with Gasteiger partial charge in [-0.3, -0.25) is 9.58 Å². The van der Waals surface area contributed by atoms with E-state index in [2.05, 4.69) is 44.7 Å². The molecule has 3 rings (SSSR count). The third-order valence-corrected chi connectivity index (χ3v) is 3.69. The highest BCUT2D eigenvalue weighted by Gasteiger charge is 2.30. The van der Waals surface area contributed by atoms with Crippen LogP contribution in [0, 0.1) is 13.8 Å². The summed E-state index contributed by atoms with van der Waals surface area (Å²) in [5.41, 5.74) is 2.35. The SMILES string of the molecule is CCn1ncnc1CN1CC(n2nc(C)cc2C)C1. The van der Waals surface area contributed by atoms with Crippen LogP contribution in [-0.2, 0) is 13.1 Å². The maximum atomic E-state index is 4.55. The van der Waals surface area contributed by atoms with E-state index in [-0.39, 0.29) is 0 Å². The van der Waals surface area contributed by atoms with Crippen LogP contribution in [0.15, 0.2) is 12.4 Å². The Labute approximate surface area is 113 Å². The van der Waals surface area contributed by atoms with E-state index < -0.39 is 0 Å². The van der Waals surface area contributed by atoms with Gasteiger partial charge in [0, 0.05) is 25.3 Å². The van der Waals surface area contributed by atoms with Gasteiger partial charge in [0.05, 0.1) is 18.3 Å². The molecule has 1 saturated heterocycles. The minimum atomic E-state index is 0.506. The van der Waals surface area contributed by atoms with Crippen molar-refractivity contribution in [3.63, 3.8) is 0 Å². The first-order valence-electron chi connectivity index (χ1n) is 6.79. The number of likely N-dealkylation sites (tertiary alicyclic amines) is 1. The van der Waals surface area contributed by atoms with Crippen molar-refractivity contribution in [3.05, 3.63) is 29.6 Å². The van der Waals surface area contributed by atoms with Crippen LogP contribution in [0.3, 0.4) is 0 Å². The second-order valence-corrected chi connectivity index (χ2v) is 5.21. The predicted molar refractivity (Wildman–Crippen MR) is 71.7 cm³/mol.